The predicted octanol–water partition coefficient (Wildman–Crippen LogP) is 1.22. The predicted molar refractivity (Wildman–Crippen MR) is 129 cm³/mol. The maximum Gasteiger partial charge on any atom is 0.424 e. The SMILES string of the molecule is CN(C(=O)OC(C)(C)C)N1CCN(Cc2ccc3c(c2)n(C)c(=O)n3C2CCC(=O)NC2=O)CC1. The lowest BCUT2D eigenvalue weighted by atomic mass is 10.1. The number of hydrogen-bond acceptors (Lipinski definition) is 7. The molecule has 1 aromatic heterocycles. The van der Waals surface area contributed by atoms with Gasteiger partial charge in [0.25, 0.3) is 0 Å². The van der Waals surface area contributed by atoms with Crippen molar-refractivity contribution in [1.29, 1.82) is 0 Å². The quantitative estimate of drug-likeness (QED) is 0.647. The van der Waals surface area contributed by atoms with Crippen molar-refractivity contribution >= 4 is 28.9 Å². The van der Waals surface area contributed by atoms with Crippen molar-refractivity contribution < 1.29 is 19.1 Å². The first-order valence-electron chi connectivity index (χ1n) is 11.9. The second kappa shape index (κ2) is 9.46. The third kappa shape index (κ3) is 5.25. The molecule has 3 heterocycles. The molecule has 1 aromatic carbocycles. The molecule has 3 amide bonds. The summed E-state index contributed by atoms with van der Waals surface area (Å²) in [5, 5.41) is 5.86. The fourth-order valence-electron chi connectivity index (χ4n) is 4.63. The number of imidazole rings is 1. The number of hydrogen-bond donors (Lipinski definition) is 1. The van der Waals surface area contributed by atoms with E-state index in [2.05, 4.69) is 10.2 Å². The number of piperidine rings is 1. The minimum atomic E-state index is -0.690. The van der Waals surface area contributed by atoms with Crippen LogP contribution in [0.15, 0.2) is 23.0 Å². The van der Waals surface area contributed by atoms with Crippen LogP contribution in [0.1, 0.15) is 45.2 Å². The Balaban J connectivity index is 1.44. The third-order valence-electron chi connectivity index (χ3n) is 6.51. The molecule has 4 rings (SSSR count). The van der Waals surface area contributed by atoms with E-state index in [1.165, 1.54) is 4.57 Å². The van der Waals surface area contributed by atoms with Gasteiger partial charge in [0.05, 0.1) is 11.0 Å². The molecule has 0 saturated carbocycles. The fourth-order valence-corrected chi connectivity index (χ4v) is 4.63. The van der Waals surface area contributed by atoms with Crippen molar-refractivity contribution in [3.63, 3.8) is 0 Å². The smallest absolute Gasteiger partial charge is 0.424 e. The minimum Gasteiger partial charge on any atom is -0.443 e. The molecule has 0 radical (unpaired) electrons. The summed E-state index contributed by atoms with van der Waals surface area (Å²) in [6.07, 6.45) is 0.165. The molecule has 2 saturated heterocycles. The van der Waals surface area contributed by atoms with Crippen molar-refractivity contribution in [1.82, 2.24) is 29.4 Å². The Bertz CT molecular complexity index is 1200. The van der Waals surface area contributed by atoms with Crippen LogP contribution in [0, 0.1) is 0 Å². The van der Waals surface area contributed by atoms with E-state index in [0.29, 0.717) is 31.6 Å². The zero-order valence-electron chi connectivity index (χ0n) is 21.0. The Morgan fingerprint density at radius 3 is 2.43 bits per heavy atom. The summed E-state index contributed by atoms with van der Waals surface area (Å²) in [6, 6.07) is 5.15. The van der Waals surface area contributed by atoms with E-state index in [-0.39, 0.29) is 24.1 Å². The highest BCUT2D eigenvalue weighted by Crippen LogP contribution is 2.24. The van der Waals surface area contributed by atoms with Crippen LogP contribution in [-0.4, -0.2) is 80.8 Å². The van der Waals surface area contributed by atoms with Gasteiger partial charge in [-0.2, -0.15) is 0 Å². The molecule has 11 heteroatoms. The van der Waals surface area contributed by atoms with E-state index in [1.807, 2.05) is 44.0 Å². The number of nitrogens with zero attached hydrogens (tertiary/aromatic N) is 5. The summed E-state index contributed by atoms with van der Waals surface area (Å²) in [5.74, 6) is -0.742. The zero-order chi connectivity index (χ0) is 25.5. The van der Waals surface area contributed by atoms with Gasteiger partial charge in [-0.3, -0.25) is 28.9 Å². The largest absolute Gasteiger partial charge is 0.443 e. The fraction of sp³-hybridized carbons (Fsp3) is 0.583. The van der Waals surface area contributed by atoms with Gasteiger partial charge in [0.15, 0.2) is 0 Å². The first-order chi connectivity index (χ1) is 16.4. The molecule has 1 atom stereocenters. The maximum absolute atomic E-state index is 13.0. The number of benzene rings is 1. The Morgan fingerprint density at radius 2 is 1.80 bits per heavy atom. The topological polar surface area (TPSA) is 109 Å². The van der Waals surface area contributed by atoms with Gasteiger partial charge in [-0.15, -0.1) is 0 Å². The summed E-state index contributed by atoms with van der Waals surface area (Å²) in [4.78, 5) is 51.5. The van der Waals surface area contributed by atoms with E-state index in [0.717, 1.165) is 24.2 Å². The molecule has 0 aliphatic carbocycles. The van der Waals surface area contributed by atoms with E-state index >= 15 is 0 Å². The molecule has 2 aliphatic rings. The second-order valence-electron chi connectivity index (χ2n) is 10.2. The van der Waals surface area contributed by atoms with Crippen LogP contribution in [0.5, 0.6) is 0 Å². The van der Waals surface area contributed by atoms with Crippen LogP contribution in [0.4, 0.5) is 4.79 Å². The van der Waals surface area contributed by atoms with E-state index in [1.54, 1.807) is 23.7 Å². The van der Waals surface area contributed by atoms with Crippen molar-refractivity contribution in [3.8, 4) is 0 Å². The van der Waals surface area contributed by atoms with E-state index < -0.39 is 17.6 Å². The number of ether oxygens (including phenoxy) is 1. The normalized spacial score (nSPS) is 20.2. The molecule has 2 aliphatic heterocycles. The first kappa shape index (κ1) is 24.9. The van der Waals surface area contributed by atoms with Crippen molar-refractivity contribution in [2.24, 2.45) is 7.05 Å². The van der Waals surface area contributed by atoms with Gasteiger partial charge in [-0.25, -0.2) is 19.6 Å². The van der Waals surface area contributed by atoms with E-state index in [9.17, 15) is 19.2 Å². The van der Waals surface area contributed by atoms with Crippen molar-refractivity contribution in [3.05, 3.63) is 34.2 Å². The zero-order valence-corrected chi connectivity index (χ0v) is 21.0. The van der Waals surface area contributed by atoms with Crippen LogP contribution < -0.4 is 11.0 Å². The molecule has 1 N–H and O–H groups in total. The number of piperazine rings is 1. The Kier molecular flexibility index (Phi) is 6.74. The number of aryl methyl sites for hydroxylation is 1. The Morgan fingerprint density at radius 1 is 1.11 bits per heavy atom. The van der Waals surface area contributed by atoms with Crippen LogP contribution in [0.2, 0.25) is 0 Å². The molecule has 11 nitrogen and oxygen atoms in total. The summed E-state index contributed by atoms with van der Waals surface area (Å²) < 4.78 is 8.50. The van der Waals surface area contributed by atoms with Gasteiger partial charge < -0.3 is 4.74 Å². The molecular formula is C24H34N6O5. The molecule has 35 heavy (non-hydrogen) atoms. The number of carbonyl (C=O) groups is 3. The number of rotatable bonds is 4. The third-order valence-corrected chi connectivity index (χ3v) is 6.51. The number of aromatic nitrogens is 2. The summed E-state index contributed by atoms with van der Waals surface area (Å²) in [6.45, 7) is 9.21. The summed E-state index contributed by atoms with van der Waals surface area (Å²) >= 11 is 0. The lowest BCUT2D eigenvalue weighted by molar-refractivity contribution is -0.135. The second-order valence-corrected chi connectivity index (χ2v) is 10.2. The highest BCUT2D eigenvalue weighted by Gasteiger charge is 2.31. The number of carbonyl (C=O) groups excluding carboxylic acids is 3. The number of hydrazine groups is 1. The number of amides is 3. The van der Waals surface area contributed by atoms with Gasteiger partial charge >= 0.3 is 11.8 Å². The van der Waals surface area contributed by atoms with Gasteiger partial charge in [0, 0.05) is 53.2 Å². The molecule has 2 aromatic rings. The lowest BCUT2D eigenvalue weighted by Crippen LogP contribution is -2.54. The minimum absolute atomic E-state index is 0.215. The van der Waals surface area contributed by atoms with Crippen LogP contribution in [0.3, 0.4) is 0 Å². The van der Waals surface area contributed by atoms with Gasteiger partial charge in [0.1, 0.15) is 11.6 Å². The number of nitrogens with one attached hydrogen (secondary N) is 1. The Hall–Kier alpha value is -3.18. The summed E-state index contributed by atoms with van der Waals surface area (Å²) in [7, 11) is 3.42. The van der Waals surface area contributed by atoms with E-state index in [4.69, 9.17) is 4.74 Å². The number of imide groups is 1. The highest BCUT2D eigenvalue weighted by molar-refractivity contribution is 6.00. The highest BCUT2D eigenvalue weighted by atomic mass is 16.6. The van der Waals surface area contributed by atoms with Gasteiger partial charge in [0.2, 0.25) is 11.8 Å². The van der Waals surface area contributed by atoms with Crippen LogP contribution >= 0.6 is 0 Å². The van der Waals surface area contributed by atoms with Crippen LogP contribution in [-0.2, 0) is 27.9 Å². The average molecular weight is 487 g/mol. The van der Waals surface area contributed by atoms with Gasteiger partial charge in [-0.05, 0) is 44.9 Å². The maximum atomic E-state index is 13.0. The Labute approximate surface area is 204 Å². The molecule has 190 valence electrons. The van der Waals surface area contributed by atoms with Crippen LogP contribution in [0.25, 0.3) is 11.0 Å². The van der Waals surface area contributed by atoms with Gasteiger partial charge in [-0.1, -0.05) is 6.07 Å². The first-order valence-corrected chi connectivity index (χ1v) is 11.9. The average Bonchev–Trinajstić information content (AvgIpc) is 3.03. The summed E-state index contributed by atoms with van der Waals surface area (Å²) in [5.41, 5.74) is 1.68. The molecule has 2 fully saturated rings. The molecular weight excluding hydrogens is 452 g/mol. The molecule has 0 bridgehead atoms. The monoisotopic (exact) mass is 486 g/mol. The molecule has 1 unspecified atom stereocenters. The number of fused-ring (bicyclic) bond motifs is 1. The lowest BCUT2D eigenvalue weighted by Gasteiger charge is -2.39. The van der Waals surface area contributed by atoms with Crippen molar-refractivity contribution in [2.45, 2.75) is 51.8 Å². The van der Waals surface area contributed by atoms with Crippen molar-refractivity contribution in [2.75, 3.05) is 33.2 Å². The molecule has 0 spiro atoms. The standard InChI is InChI=1S/C24H34N6O5/c1-24(2,3)35-23(34)27(5)29-12-10-28(11-13-29)15-16-6-7-17-19(14-16)26(4)22(33)30(17)18-8-9-20(31)25-21(18)32/h6-7,14,18H,8-13,15H2,1-5H3,(H,25,31,32).